The molecular formula is C20H23ClN2O. The lowest BCUT2D eigenvalue weighted by Gasteiger charge is -2.41. The van der Waals surface area contributed by atoms with E-state index in [1.54, 1.807) is 0 Å². The van der Waals surface area contributed by atoms with Gasteiger partial charge in [0.2, 0.25) is 0 Å². The van der Waals surface area contributed by atoms with Gasteiger partial charge in [-0.1, -0.05) is 48.0 Å². The predicted octanol–water partition coefficient (Wildman–Crippen LogP) is 4.57. The van der Waals surface area contributed by atoms with Crippen molar-refractivity contribution in [3.8, 4) is 5.75 Å². The maximum Gasteiger partial charge on any atom is 0.161 e. The molecule has 4 heteroatoms. The summed E-state index contributed by atoms with van der Waals surface area (Å²) in [7, 11) is 0. The smallest absolute Gasteiger partial charge is 0.161 e. The van der Waals surface area contributed by atoms with Crippen LogP contribution < -0.4 is 10.1 Å². The Balaban J connectivity index is 1.45. The highest BCUT2D eigenvalue weighted by Gasteiger charge is 2.38. The van der Waals surface area contributed by atoms with Gasteiger partial charge in [-0.3, -0.25) is 4.90 Å². The summed E-state index contributed by atoms with van der Waals surface area (Å²) in [4.78, 5) is 2.52. The van der Waals surface area contributed by atoms with Gasteiger partial charge in [-0.15, -0.1) is 0 Å². The van der Waals surface area contributed by atoms with E-state index in [2.05, 4.69) is 40.5 Å². The van der Waals surface area contributed by atoms with Gasteiger partial charge in [-0.2, -0.15) is 0 Å². The minimum absolute atomic E-state index is 0.0869. The summed E-state index contributed by atoms with van der Waals surface area (Å²) < 4.78 is 6.49. The van der Waals surface area contributed by atoms with Crippen LogP contribution in [-0.2, 0) is 6.54 Å². The highest BCUT2D eigenvalue weighted by molar-refractivity contribution is 6.32. The number of hydrogen-bond acceptors (Lipinski definition) is 3. The highest BCUT2D eigenvalue weighted by Crippen LogP contribution is 2.42. The summed E-state index contributed by atoms with van der Waals surface area (Å²) in [6.45, 7) is 4.09. The molecule has 0 atom stereocenters. The first-order chi connectivity index (χ1) is 11.7. The molecule has 1 fully saturated rings. The Morgan fingerprint density at radius 3 is 2.58 bits per heavy atom. The Morgan fingerprint density at radius 1 is 1.00 bits per heavy atom. The second kappa shape index (κ2) is 6.66. The Hall–Kier alpha value is -1.71. The van der Waals surface area contributed by atoms with E-state index < -0.39 is 0 Å². The number of likely N-dealkylation sites (tertiary alicyclic amines) is 1. The third-order valence-electron chi connectivity index (χ3n) is 5.20. The molecule has 1 N–H and O–H groups in total. The van der Waals surface area contributed by atoms with Crippen molar-refractivity contribution in [2.75, 3.05) is 25.0 Å². The molecule has 4 rings (SSSR count). The van der Waals surface area contributed by atoms with Crippen molar-refractivity contribution in [2.45, 2.75) is 31.4 Å². The minimum Gasteiger partial charge on any atom is -0.483 e. The summed E-state index contributed by atoms with van der Waals surface area (Å²) in [5, 5.41) is 4.17. The van der Waals surface area contributed by atoms with E-state index in [4.69, 9.17) is 16.3 Å². The number of hydrogen-bond donors (Lipinski definition) is 1. The van der Waals surface area contributed by atoms with Crippen molar-refractivity contribution in [1.29, 1.82) is 0 Å². The SMILES string of the molecule is Clc1cccc2c1OC1(CCN2)CCN(Cc2ccccc2)CC1. The highest BCUT2D eigenvalue weighted by atomic mass is 35.5. The number of nitrogens with zero attached hydrogens (tertiary/aromatic N) is 1. The van der Waals surface area contributed by atoms with E-state index >= 15 is 0 Å². The molecule has 0 aliphatic carbocycles. The Bertz CT molecular complexity index is 696. The number of halogens is 1. The molecule has 3 nitrogen and oxygen atoms in total. The van der Waals surface area contributed by atoms with Crippen LogP contribution in [0.5, 0.6) is 5.75 Å². The molecule has 1 saturated heterocycles. The van der Waals surface area contributed by atoms with Crippen molar-refractivity contribution in [1.82, 2.24) is 4.90 Å². The van der Waals surface area contributed by atoms with E-state index in [1.807, 2.05) is 18.2 Å². The lowest BCUT2D eigenvalue weighted by Crippen LogP contribution is -2.48. The largest absolute Gasteiger partial charge is 0.483 e. The summed E-state index contributed by atoms with van der Waals surface area (Å²) >= 11 is 6.38. The topological polar surface area (TPSA) is 24.5 Å². The Labute approximate surface area is 148 Å². The average Bonchev–Trinajstić information content (AvgIpc) is 2.79. The Kier molecular flexibility index (Phi) is 4.38. The summed E-state index contributed by atoms with van der Waals surface area (Å²) in [6.07, 6.45) is 3.12. The normalized spacial score (nSPS) is 19.9. The standard InChI is InChI=1S/C20H23ClN2O/c21-17-7-4-8-18-19(17)24-20(9-12-22-18)10-13-23(14-11-20)15-16-5-2-1-3-6-16/h1-8,22H,9-15H2. The second-order valence-corrected chi connectivity index (χ2v) is 7.25. The summed E-state index contributed by atoms with van der Waals surface area (Å²) in [5.41, 5.74) is 2.31. The molecule has 2 aromatic carbocycles. The van der Waals surface area contributed by atoms with Gasteiger partial charge in [0.15, 0.2) is 5.75 Å². The fourth-order valence-corrected chi connectivity index (χ4v) is 3.97. The molecule has 126 valence electrons. The van der Waals surface area contributed by atoms with E-state index in [1.165, 1.54) is 5.56 Å². The number of fused-ring (bicyclic) bond motifs is 1. The molecule has 24 heavy (non-hydrogen) atoms. The zero-order chi connectivity index (χ0) is 16.4. The van der Waals surface area contributed by atoms with Gasteiger partial charge in [0.05, 0.1) is 10.7 Å². The maximum absolute atomic E-state index is 6.49. The third-order valence-corrected chi connectivity index (χ3v) is 5.50. The predicted molar refractivity (Wildman–Crippen MR) is 98.9 cm³/mol. The van der Waals surface area contributed by atoms with Crippen LogP contribution in [-0.4, -0.2) is 30.1 Å². The zero-order valence-electron chi connectivity index (χ0n) is 13.8. The fourth-order valence-electron chi connectivity index (χ4n) is 3.76. The van der Waals surface area contributed by atoms with Crippen molar-refractivity contribution >= 4 is 17.3 Å². The molecule has 0 amide bonds. The van der Waals surface area contributed by atoms with Crippen LogP contribution in [0.15, 0.2) is 48.5 Å². The minimum atomic E-state index is -0.0869. The van der Waals surface area contributed by atoms with Gasteiger partial charge >= 0.3 is 0 Å². The molecule has 0 bridgehead atoms. The average molecular weight is 343 g/mol. The van der Waals surface area contributed by atoms with Crippen molar-refractivity contribution < 1.29 is 4.74 Å². The van der Waals surface area contributed by atoms with Gasteiger partial charge in [0.25, 0.3) is 0 Å². The van der Waals surface area contributed by atoms with E-state index in [0.717, 1.165) is 56.9 Å². The van der Waals surface area contributed by atoms with Crippen LogP contribution in [0.25, 0.3) is 0 Å². The molecule has 2 aliphatic heterocycles. The summed E-state index contributed by atoms with van der Waals surface area (Å²) in [6, 6.07) is 16.6. The number of benzene rings is 2. The lowest BCUT2D eigenvalue weighted by atomic mass is 9.87. The molecule has 0 radical (unpaired) electrons. The lowest BCUT2D eigenvalue weighted by molar-refractivity contribution is -0.00178. The monoisotopic (exact) mass is 342 g/mol. The zero-order valence-corrected chi connectivity index (χ0v) is 14.6. The van der Waals surface area contributed by atoms with Crippen LogP contribution in [0.3, 0.4) is 0 Å². The van der Waals surface area contributed by atoms with E-state index in [-0.39, 0.29) is 5.60 Å². The van der Waals surface area contributed by atoms with Crippen molar-refractivity contribution in [3.63, 3.8) is 0 Å². The maximum atomic E-state index is 6.49. The van der Waals surface area contributed by atoms with Crippen LogP contribution in [0.4, 0.5) is 5.69 Å². The molecule has 0 unspecified atom stereocenters. The number of piperidine rings is 1. The van der Waals surface area contributed by atoms with Crippen molar-refractivity contribution in [3.05, 3.63) is 59.1 Å². The van der Waals surface area contributed by atoms with Gasteiger partial charge in [0, 0.05) is 32.6 Å². The molecule has 0 aromatic heterocycles. The quantitative estimate of drug-likeness (QED) is 0.865. The van der Waals surface area contributed by atoms with Crippen LogP contribution >= 0.6 is 11.6 Å². The molecule has 2 aromatic rings. The second-order valence-electron chi connectivity index (χ2n) is 6.84. The number of para-hydroxylation sites is 1. The van der Waals surface area contributed by atoms with E-state index in [9.17, 15) is 0 Å². The first kappa shape index (κ1) is 15.8. The van der Waals surface area contributed by atoms with Gasteiger partial charge in [-0.25, -0.2) is 0 Å². The first-order valence-corrected chi connectivity index (χ1v) is 9.10. The number of ether oxygens (including phenoxy) is 1. The first-order valence-electron chi connectivity index (χ1n) is 8.72. The Morgan fingerprint density at radius 2 is 1.79 bits per heavy atom. The van der Waals surface area contributed by atoms with Crippen LogP contribution in [0.1, 0.15) is 24.8 Å². The van der Waals surface area contributed by atoms with Gasteiger partial charge in [0.1, 0.15) is 5.60 Å². The fraction of sp³-hybridized carbons (Fsp3) is 0.400. The van der Waals surface area contributed by atoms with Crippen molar-refractivity contribution in [2.24, 2.45) is 0 Å². The molecule has 1 spiro atoms. The van der Waals surface area contributed by atoms with Gasteiger partial charge < -0.3 is 10.1 Å². The molecule has 2 aliphatic rings. The third kappa shape index (κ3) is 3.24. The molecule has 0 saturated carbocycles. The number of nitrogens with one attached hydrogen (secondary N) is 1. The van der Waals surface area contributed by atoms with Crippen LogP contribution in [0.2, 0.25) is 5.02 Å². The van der Waals surface area contributed by atoms with Crippen LogP contribution in [0, 0.1) is 0 Å². The number of rotatable bonds is 2. The summed E-state index contributed by atoms with van der Waals surface area (Å²) in [5.74, 6) is 0.827. The molecular weight excluding hydrogens is 320 g/mol. The van der Waals surface area contributed by atoms with Gasteiger partial charge in [-0.05, 0) is 30.5 Å². The van der Waals surface area contributed by atoms with E-state index in [0.29, 0.717) is 5.02 Å². The number of anilines is 1. The molecule has 2 heterocycles.